The summed E-state index contributed by atoms with van der Waals surface area (Å²) < 4.78 is 6.81. The van der Waals surface area contributed by atoms with Crippen molar-refractivity contribution in [2.45, 2.75) is 12.6 Å². The van der Waals surface area contributed by atoms with Crippen molar-refractivity contribution in [3.05, 3.63) is 48.4 Å². The molecular weight excluding hydrogens is 218 g/mol. The topological polar surface area (TPSA) is 64.1 Å². The largest absolute Gasteiger partial charge is 0.467 e. The summed E-state index contributed by atoms with van der Waals surface area (Å²) >= 11 is 0. The van der Waals surface area contributed by atoms with Gasteiger partial charge in [0.2, 0.25) is 0 Å². The van der Waals surface area contributed by atoms with E-state index in [4.69, 9.17) is 4.42 Å². The molecule has 2 aromatic heterocycles. The highest BCUT2D eigenvalue weighted by molar-refractivity contribution is 5.73. The molecule has 0 aliphatic heterocycles. The van der Waals surface area contributed by atoms with Gasteiger partial charge >= 0.3 is 0 Å². The Bertz CT molecular complexity index is 616. The summed E-state index contributed by atoms with van der Waals surface area (Å²) in [6, 6.07) is 11.1. The Morgan fingerprint density at radius 1 is 1.24 bits per heavy atom. The van der Waals surface area contributed by atoms with Gasteiger partial charge in [0.15, 0.2) is 0 Å². The highest BCUT2D eigenvalue weighted by Crippen LogP contribution is 2.17. The van der Waals surface area contributed by atoms with Crippen molar-refractivity contribution in [2.24, 2.45) is 0 Å². The molecule has 0 bridgehead atoms. The number of nitrogens with zero attached hydrogens (tertiary/aromatic N) is 3. The van der Waals surface area contributed by atoms with Gasteiger partial charge in [0.25, 0.3) is 0 Å². The molecule has 0 amide bonds. The minimum atomic E-state index is -0.713. The van der Waals surface area contributed by atoms with Gasteiger partial charge in [-0.3, -0.25) is 0 Å². The maximum absolute atomic E-state index is 9.96. The van der Waals surface area contributed by atoms with Crippen LogP contribution in [0.4, 0.5) is 0 Å². The van der Waals surface area contributed by atoms with Crippen LogP contribution in [-0.2, 0) is 6.54 Å². The van der Waals surface area contributed by atoms with E-state index < -0.39 is 6.10 Å². The third-order valence-electron chi connectivity index (χ3n) is 2.64. The van der Waals surface area contributed by atoms with Crippen LogP contribution in [0.3, 0.4) is 0 Å². The molecule has 1 atom stereocenters. The monoisotopic (exact) mass is 229 g/mol. The molecule has 0 saturated carbocycles. The molecule has 0 unspecified atom stereocenters. The van der Waals surface area contributed by atoms with Gasteiger partial charge in [0.1, 0.15) is 17.4 Å². The minimum Gasteiger partial charge on any atom is -0.467 e. The first-order valence-electron chi connectivity index (χ1n) is 5.34. The molecule has 5 nitrogen and oxygen atoms in total. The lowest BCUT2D eigenvalue weighted by Crippen LogP contribution is -2.09. The molecule has 1 N–H and O–H groups in total. The quantitative estimate of drug-likeness (QED) is 0.743. The van der Waals surface area contributed by atoms with Gasteiger partial charge in [-0.25, -0.2) is 4.68 Å². The maximum atomic E-state index is 9.96. The molecule has 3 aromatic rings. The maximum Gasteiger partial charge on any atom is 0.134 e. The van der Waals surface area contributed by atoms with E-state index in [1.54, 1.807) is 16.8 Å². The van der Waals surface area contributed by atoms with Gasteiger partial charge in [-0.2, -0.15) is 0 Å². The average Bonchev–Trinajstić information content (AvgIpc) is 2.98. The SMILES string of the molecule is O[C@H](Cn1nnc2ccccc21)c1ccco1. The van der Waals surface area contributed by atoms with E-state index >= 15 is 0 Å². The predicted molar refractivity (Wildman–Crippen MR) is 61.2 cm³/mol. The second kappa shape index (κ2) is 4.03. The van der Waals surface area contributed by atoms with Gasteiger partial charge in [-0.05, 0) is 24.3 Å². The Labute approximate surface area is 97.3 Å². The second-order valence-corrected chi connectivity index (χ2v) is 3.79. The number of aromatic nitrogens is 3. The lowest BCUT2D eigenvalue weighted by atomic mass is 10.2. The van der Waals surface area contributed by atoms with Gasteiger partial charge in [0, 0.05) is 0 Å². The number of fused-ring (bicyclic) bond motifs is 1. The summed E-state index contributed by atoms with van der Waals surface area (Å²) in [6.45, 7) is 0.327. The van der Waals surface area contributed by atoms with Gasteiger partial charge in [-0.15, -0.1) is 5.10 Å². The van der Waals surface area contributed by atoms with E-state index in [9.17, 15) is 5.11 Å². The lowest BCUT2D eigenvalue weighted by molar-refractivity contribution is 0.127. The van der Waals surface area contributed by atoms with Crippen molar-refractivity contribution in [1.29, 1.82) is 0 Å². The summed E-state index contributed by atoms with van der Waals surface area (Å²) in [6.07, 6.45) is 0.827. The van der Waals surface area contributed by atoms with Crippen LogP contribution in [0.5, 0.6) is 0 Å². The summed E-state index contributed by atoms with van der Waals surface area (Å²) in [4.78, 5) is 0. The van der Waals surface area contributed by atoms with Crippen LogP contribution in [-0.4, -0.2) is 20.1 Å². The van der Waals surface area contributed by atoms with Crippen LogP contribution in [0.15, 0.2) is 47.1 Å². The van der Waals surface area contributed by atoms with Crippen molar-refractivity contribution in [3.63, 3.8) is 0 Å². The molecule has 3 rings (SSSR count). The van der Waals surface area contributed by atoms with Crippen LogP contribution in [0, 0.1) is 0 Å². The molecule has 0 aliphatic rings. The van der Waals surface area contributed by atoms with E-state index in [2.05, 4.69) is 10.3 Å². The first-order chi connectivity index (χ1) is 8.34. The first kappa shape index (κ1) is 10.0. The molecule has 0 spiro atoms. The smallest absolute Gasteiger partial charge is 0.134 e. The van der Waals surface area contributed by atoms with Crippen LogP contribution >= 0.6 is 0 Å². The Morgan fingerprint density at radius 3 is 2.94 bits per heavy atom. The minimum absolute atomic E-state index is 0.327. The zero-order valence-electron chi connectivity index (χ0n) is 9.02. The van der Waals surface area contributed by atoms with Crippen molar-refractivity contribution < 1.29 is 9.52 Å². The molecule has 0 saturated heterocycles. The number of aliphatic hydroxyl groups is 1. The van der Waals surface area contributed by atoms with E-state index in [1.165, 1.54) is 6.26 Å². The normalized spacial score (nSPS) is 13.0. The van der Waals surface area contributed by atoms with E-state index in [0.717, 1.165) is 11.0 Å². The van der Waals surface area contributed by atoms with E-state index in [0.29, 0.717) is 12.3 Å². The van der Waals surface area contributed by atoms with E-state index in [-0.39, 0.29) is 0 Å². The third-order valence-corrected chi connectivity index (χ3v) is 2.64. The highest BCUT2D eigenvalue weighted by atomic mass is 16.4. The summed E-state index contributed by atoms with van der Waals surface area (Å²) in [5, 5.41) is 18.0. The fourth-order valence-electron chi connectivity index (χ4n) is 1.79. The Hall–Kier alpha value is -2.14. The number of furan rings is 1. The zero-order valence-corrected chi connectivity index (χ0v) is 9.02. The fraction of sp³-hybridized carbons (Fsp3) is 0.167. The Balaban J connectivity index is 1.90. The van der Waals surface area contributed by atoms with E-state index in [1.807, 2.05) is 24.3 Å². The molecule has 5 heteroatoms. The number of hydrogen-bond acceptors (Lipinski definition) is 4. The Kier molecular flexibility index (Phi) is 2.38. The summed E-state index contributed by atoms with van der Waals surface area (Å²) in [5.74, 6) is 0.532. The van der Waals surface area contributed by atoms with Crippen LogP contribution in [0.1, 0.15) is 11.9 Å². The van der Waals surface area contributed by atoms with Gasteiger partial charge < -0.3 is 9.52 Å². The molecule has 1 aromatic carbocycles. The number of rotatable bonds is 3. The van der Waals surface area contributed by atoms with Gasteiger partial charge in [-0.1, -0.05) is 17.3 Å². The lowest BCUT2D eigenvalue weighted by Gasteiger charge is -2.07. The van der Waals surface area contributed by atoms with Crippen LogP contribution in [0.25, 0.3) is 11.0 Å². The van der Waals surface area contributed by atoms with Crippen LogP contribution in [0.2, 0.25) is 0 Å². The number of aliphatic hydroxyl groups excluding tert-OH is 1. The van der Waals surface area contributed by atoms with Crippen molar-refractivity contribution in [1.82, 2.24) is 15.0 Å². The summed E-state index contributed by atoms with van der Waals surface area (Å²) in [5.41, 5.74) is 1.72. The number of para-hydroxylation sites is 1. The molecule has 17 heavy (non-hydrogen) atoms. The van der Waals surface area contributed by atoms with Crippen molar-refractivity contribution in [2.75, 3.05) is 0 Å². The zero-order chi connectivity index (χ0) is 11.7. The summed E-state index contributed by atoms with van der Waals surface area (Å²) in [7, 11) is 0. The number of benzene rings is 1. The molecule has 86 valence electrons. The van der Waals surface area contributed by atoms with Crippen molar-refractivity contribution >= 4 is 11.0 Å². The fourth-order valence-corrected chi connectivity index (χ4v) is 1.79. The molecule has 0 aliphatic carbocycles. The van der Waals surface area contributed by atoms with Crippen LogP contribution < -0.4 is 0 Å². The average molecular weight is 229 g/mol. The molecule has 0 radical (unpaired) electrons. The highest BCUT2D eigenvalue weighted by Gasteiger charge is 2.13. The molecule has 2 heterocycles. The predicted octanol–water partition coefficient (Wildman–Crippen LogP) is 1.76. The Morgan fingerprint density at radius 2 is 2.12 bits per heavy atom. The standard InChI is InChI=1S/C12H11N3O2/c16-11(12-6-3-7-17-12)8-15-10-5-2-1-4-9(10)13-14-15/h1-7,11,16H,8H2/t11-/m1/s1. The third kappa shape index (κ3) is 1.81. The molecular formula is C12H11N3O2. The first-order valence-corrected chi connectivity index (χ1v) is 5.34. The molecule has 0 fully saturated rings. The van der Waals surface area contributed by atoms with Crippen molar-refractivity contribution in [3.8, 4) is 0 Å². The number of hydrogen-bond donors (Lipinski definition) is 1. The van der Waals surface area contributed by atoms with Gasteiger partial charge in [0.05, 0.1) is 18.3 Å². The second-order valence-electron chi connectivity index (χ2n) is 3.79.